The number of halogens is 4. The van der Waals surface area contributed by atoms with Crippen molar-refractivity contribution in [3.05, 3.63) is 64.1 Å². The maximum Gasteiger partial charge on any atom is 0.422 e. The minimum atomic E-state index is -4.49. The highest BCUT2D eigenvalue weighted by Gasteiger charge is 2.29. The van der Waals surface area contributed by atoms with Gasteiger partial charge in [-0.05, 0) is 23.8 Å². The molecule has 2 aromatic rings. The average molecular weight is 389 g/mol. The van der Waals surface area contributed by atoms with Crippen molar-refractivity contribution in [3.63, 3.8) is 0 Å². The molecule has 0 aliphatic rings. The van der Waals surface area contributed by atoms with Crippen LogP contribution in [0.1, 0.15) is 15.9 Å². The van der Waals surface area contributed by atoms with Crippen molar-refractivity contribution >= 4 is 21.9 Å². The van der Waals surface area contributed by atoms with Crippen molar-refractivity contribution in [1.82, 2.24) is 0 Å². The van der Waals surface area contributed by atoms with Crippen LogP contribution in [-0.4, -0.2) is 18.8 Å². The lowest BCUT2D eigenvalue weighted by atomic mass is 10.2. The van der Waals surface area contributed by atoms with Crippen molar-refractivity contribution in [2.75, 3.05) is 6.61 Å². The van der Waals surface area contributed by atoms with Gasteiger partial charge >= 0.3 is 12.1 Å². The highest BCUT2D eigenvalue weighted by atomic mass is 79.9. The van der Waals surface area contributed by atoms with E-state index in [0.717, 1.165) is 5.56 Å². The number of benzene rings is 2. The number of rotatable bonds is 5. The Morgan fingerprint density at radius 1 is 1.09 bits per heavy atom. The number of carbonyl (C=O) groups excluding carboxylic acids is 1. The standard InChI is InChI=1S/C16H12BrF3O3/c17-12-6-7-13(14(8-12)23-10-16(18,19)20)15(21)22-9-11-4-2-1-3-5-11/h1-8H,9-10H2. The fourth-order valence-corrected chi connectivity index (χ4v) is 2.08. The van der Waals surface area contributed by atoms with E-state index in [0.29, 0.717) is 4.47 Å². The molecule has 2 rings (SSSR count). The summed E-state index contributed by atoms with van der Waals surface area (Å²) in [5.74, 6) is -0.937. The molecule has 3 nitrogen and oxygen atoms in total. The van der Waals surface area contributed by atoms with Gasteiger partial charge in [0.05, 0.1) is 0 Å². The van der Waals surface area contributed by atoms with Gasteiger partial charge in [0.1, 0.15) is 17.9 Å². The lowest BCUT2D eigenvalue weighted by molar-refractivity contribution is -0.153. The molecule has 0 N–H and O–H groups in total. The lowest BCUT2D eigenvalue weighted by Gasteiger charge is -2.13. The van der Waals surface area contributed by atoms with Crippen LogP contribution in [0, 0.1) is 0 Å². The van der Waals surface area contributed by atoms with Gasteiger partial charge in [-0.3, -0.25) is 0 Å². The number of hydrogen-bond acceptors (Lipinski definition) is 3. The van der Waals surface area contributed by atoms with Gasteiger partial charge in [0, 0.05) is 4.47 Å². The lowest BCUT2D eigenvalue weighted by Crippen LogP contribution is -2.20. The van der Waals surface area contributed by atoms with E-state index in [1.54, 1.807) is 24.3 Å². The summed E-state index contributed by atoms with van der Waals surface area (Å²) in [7, 11) is 0. The van der Waals surface area contributed by atoms with Gasteiger partial charge in [0.15, 0.2) is 6.61 Å². The zero-order valence-electron chi connectivity index (χ0n) is 11.8. The van der Waals surface area contributed by atoms with E-state index >= 15 is 0 Å². The van der Waals surface area contributed by atoms with Crippen LogP contribution in [-0.2, 0) is 11.3 Å². The molecule has 0 radical (unpaired) electrons. The first-order valence-electron chi connectivity index (χ1n) is 6.55. The molecule has 0 aliphatic heterocycles. The summed E-state index contributed by atoms with van der Waals surface area (Å²) in [6.07, 6.45) is -4.49. The van der Waals surface area contributed by atoms with Crippen LogP contribution in [0.5, 0.6) is 5.75 Å². The van der Waals surface area contributed by atoms with Crippen molar-refractivity contribution in [1.29, 1.82) is 0 Å². The third kappa shape index (κ3) is 5.59. The van der Waals surface area contributed by atoms with Gasteiger partial charge in [-0.1, -0.05) is 46.3 Å². The highest BCUT2D eigenvalue weighted by Crippen LogP contribution is 2.27. The monoisotopic (exact) mass is 388 g/mol. The van der Waals surface area contributed by atoms with Crippen LogP contribution in [0.2, 0.25) is 0 Å². The van der Waals surface area contributed by atoms with E-state index in [-0.39, 0.29) is 17.9 Å². The van der Waals surface area contributed by atoms with Gasteiger partial charge in [-0.15, -0.1) is 0 Å². The van der Waals surface area contributed by atoms with Gasteiger partial charge < -0.3 is 9.47 Å². The Labute approximate surface area is 139 Å². The minimum Gasteiger partial charge on any atom is -0.483 e. The molecule has 2 aromatic carbocycles. The third-order valence-corrected chi connectivity index (χ3v) is 3.26. The Morgan fingerprint density at radius 3 is 2.43 bits per heavy atom. The van der Waals surface area contributed by atoms with Gasteiger partial charge in [-0.25, -0.2) is 4.79 Å². The molecule has 0 bridgehead atoms. The Hall–Kier alpha value is -2.02. The Balaban J connectivity index is 2.09. The van der Waals surface area contributed by atoms with Crippen LogP contribution in [0.3, 0.4) is 0 Å². The van der Waals surface area contributed by atoms with E-state index < -0.39 is 18.8 Å². The minimum absolute atomic E-state index is 0.0223. The number of carbonyl (C=O) groups is 1. The molecular formula is C16H12BrF3O3. The van der Waals surface area contributed by atoms with E-state index in [2.05, 4.69) is 15.9 Å². The highest BCUT2D eigenvalue weighted by molar-refractivity contribution is 9.10. The second kappa shape index (κ2) is 7.50. The summed E-state index contributed by atoms with van der Waals surface area (Å²) in [5, 5.41) is 0. The van der Waals surface area contributed by atoms with Crippen LogP contribution in [0.25, 0.3) is 0 Å². The first kappa shape index (κ1) is 17.3. The summed E-state index contributed by atoms with van der Waals surface area (Å²) in [4.78, 5) is 12.1. The zero-order valence-corrected chi connectivity index (χ0v) is 13.4. The fourth-order valence-electron chi connectivity index (χ4n) is 1.74. The summed E-state index contributed by atoms with van der Waals surface area (Å²) in [5.41, 5.74) is 0.712. The van der Waals surface area contributed by atoms with Crippen molar-refractivity contribution in [2.24, 2.45) is 0 Å². The summed E-state index contributed by atoms with van der Waals surface area (Å²) in [6, 6.07) is 13.1. The molecule has 0 unspecified atom stereocenters. The molecule has 0 saturated carbocycles. The predicted octanol–water partition coefficient (Wildman–Crippen LogP) is 4.75. The topological polar surface area (TPSA) is 35.5 Å². The van der Waals surface area contributed by atoms with Crippen LogP contribution in [0.4, 0.5) is 13.2 Å². The molecule has 0 aliphatic carbocycles. The Morgan fingerprint density at radius 2 is 1.78 bits per heavy atom. The number of esters is 1. The molecule has 0 fully saturated rings. The maximum atomic E-state index is 12.3. The normalized spacial score (nSPS) is 11.1. The molecule has 23 heavy (non-hydrogen) atoms. The van der Waals surface area contributed by atoms with E-state index in [1.807, 2.05) is 6.07 Å². The predicted molar refractivity (Wildman–Crippen MR) is 81.3 cm³/mol. The fraction of sp³-hybridized carbons (Fsp3) is 0.188. The Kier molecular flexibility index (Phi) is 5.65. The van der Waals surface area contributed by atoms with Gasteiger partial charge in [0.2, 0.25) is 0 Å². The van der Waals surface area contributed by atoms with Crippen LogP contribution in [0.15, 0.2) is 53.0 Å². The molecule has 0 saturated heterocycles. The first-order valence-corrected chi connectivity index (χ1v) is 7.34. The van der Waals surface area contributed by atoms with E-state index in [1.165, 1.54) is 18.2 Å². The van der Waals surface area contributed by atoms with Crippen LogP contribution >= 0.6 is 15.9 Å². The molecule has 0 spiro atoms. The first-order chi connectivity index (χ1) is 10.8. The van der Waals surface area contributed by atoms with Crippen LogP contribution < -0.4 is 4.74 Å². The third-order valence-electron chi connectivity index (χ3n) is 2.77. The zero-order chi connectivity index (χ0) is 16.9. The molecular weight excluding hydrogens is 377 g/mol. The van der Waals surface area contributed by atoms with Gasteiger partial charge in [-0.2, -0.15) is 13.2 Å². The van der Waals surface area contributed by atoms with E-state index in [4.69, 9.17) is 9.47 Å². The maximum absolute atomic E-state index is 12.3. The van der Waals surface area contributed by atoms with Crippen molar-refractivity contribution in [3.8, 4) is 5.75 Å². The van der Waals surface area contributed by atoms with E-state index in [9.17, 15) is 18.0 Å². The second-order valence-corrected chi connectivity index (χ2v) is 5.52. The summed E-state index contributed by atoms with van der Waals surface area (Å²) < 4.78 is 47.2. The number of hydrogen-bond donors (Lipinski definition) is 0. The molecule has 0 heterocycles. The smallest absolute Gasteiger partial charge is 0.422 e. The van der Waals surface area contributed by atoms with Gasteiger partial charge in [0.25, 0.3) is 0 Å². The molecule has 0 atom stereocenters. The average Bonchev–Trinajstić information content (AvgIpc) is 2.51. The molecule has 0 amide bonds. The number of alkyl halides is 3. The summed E-state index contributed by atoms with van der Waals surface area (Å²) >= 11 is 3.13. The number of ether oxygens (including phenoxy) is 2. The summed E-state index contributed by atoms with van der Waals surface area (Å²) in [6.45, 7) is -1.46. The largest absolute Gasteiger partial charge is 0.483 e. The second-order valence-electron chi connectivity index (χ2n) is 4.61. The Bertz CT molecular complexity index is 672. The quantitative estimate of drug-likeness (QED) is 0.693. The molecule has 122 valence electrons. The van der Waals surface area contributed by atoms with Crippen molar-refractivity contribution in [2.45, 2.75) is 12.8 Å². The molecule has 7 heteroatoms. The molecule has 0 aromatic heterocycles. The van der Waals surface area contributed by atoms with Crippen molar-refractivity contribution < 1.29 is 27.4 Å². The SMILES string of the molecule is O=C(OCc1ccccc1)c1ccc(Br)cc1OCC(F)(F)F.